The highest BCUT2D eigenvalue weighted by Gasteiger charge is 2.28. The van der Waals surface area contributed by atoms with Crippen molar-refractivity contribution in [2.45, 2.75) is 44.6 Å². The Morgan fingerprint density at radius 3 is 2.87 bits per heavy atom. The van der Waals surface area contributed by atoms with Crippen molar-refractivity contribution in [3.05, 3.63) is 24.2 Å². The van der Waals surface area contributed by atoms with Crippen LogP contribution in [0.5, 0.6) is 0 Å². The fraction of sp³-hybridized carbons (Fsp3) is 0.667. The number of likely N-dealkylation sites (tertiary alicyclic amines) is 1. The maximum Gasteiger partial charge on any atom is 0.160 e. The summed E-state index contributed by atoms with van der Waals surface area (Å²) >= 11 is 0. The van der Waals surface area contributed by atoms with Gasteiger partial charge in [-0.1, -0.05) is 6.92 Å². The summed E-state index contributed by atoms with van der Waals surface area (Å²) in [5.74, 6) is 1.79. The van der Waals surface area contributed by atoms with E-state index >= 15 is 0 Å². The number of piperidine rings is 2. The van der Waals surface area contributed by atoms with E-state index in [1.165, 1.54) is 44.6 Å². The van der Waals surface area contributed by atoms with E-state index in [1.54, 1.807) is 0 Å². The van der Waals surface area contributed by atoms with Gasteiger partial charge in [0, 0.05) is 37.8 Å². The second-order valence-corrected chi connectivity index (χ2v) is 6.89. The first-order valence-corrected chi connectivity index (χ1v) is 9.12. The topological polar surface area (TPSA) is 46.0 Å². The van der Waals surface area contributed by atoms with E-state index in [9.17, 15) is 0 Å². The molecule has 0 saturated carbocycles. The number of nitrogens with zero attached hydrogens (tertiary/aromatic N) is 4. The van der Waals surface area contributed by atoms with Crippen molar-refractivity contribution in [3.63, 3.8) is 0 Å². The summed E-state index contributed by atoms with van der Waals surface area (Å²) in [4.78, 5) is 12.2. The molecule has 5 nitrogen and oxygen atoms in total. The highest BCUT2D eigenvalue weighted by molar-refractivity contribution is 5.71. The normalized spacial score (nSPS) is 24.3. The molecule has 4 heterocycles. The lowest BCUT2D eigenvalue weighted by atomic mass is 9.97. The van der Waals surface area contributed by atoms with Crippen LogP contribution in [0.4, 0.5) is 0 Å². The van der Waals surface area contributed by atoms with E-state index in [2.05, 4.69) is 32.8 Å². The van der Waals surface area contributed by atoms with Gasteiger partial charge in [-0.15, -0.1) is 0 Å². The van der Waals surface area contributed by atoms with Crippen LogP contribution in [-0.2, 0) is 0 Å². The maximum atomic E-state index is 5.00. The molecule has 1 unspecified atom stereocenters. The summed E-state index contributed by atoms with van der Waals surface area (Å²) in [6.45, 7) is 8.00. The molecule has 0 radical (unpaired) electrons. The summed E-state index contributed by atoms with van der Waals surface area (Å²) in [6.07, 6.45) is 6.82. The number of pyridine rings is 1. The second-order valence-electron chi connectivity index (χ2n) is 6.89. The number of hydrogen-bond donors (Lipinski definition) is 1. The van der Waals surface area contributed by atoms with Crippen molar-refractivity contribution in [1.82, 2.24) is 24.8 Å². The summed E-state index contributed by atoms with van der Waals surface area (Å²) in [7, 11) is 0. The molecule has 2 aliphatic heterocycles. The Morgan fingerprint density at radius 1 is 1.26 bits per heavy atom. The zero-order chi connectivity index (χ0) is 15.6. The lowest BCUT2D eigenvalue weighted by molar-refractivity contribution is 0.193. The van der Waals surface area contributed by atoms with Gasteiger partial charge in [-0.05, 0) is 50.9 Å². The third-order valence-corrected chi connectivity index (χ3v) is 5.51. The van der Waals surface area contributed by atoms with Crippen molar-refractivity contribution in [1.29, 1.82) is 0 Å². The van der Waals surface area contributed by atoms with E-state index in [1.807, 2.05) is 12.3 Å². The van der Waals surface area contributed by atoms with Crippen LogP contribution in [0, 0.1) is 0 Å². The smallest absolute Gasteiger partial charge is 0.160 e. The third kappa shape index (κ3) is 2.88. The molecule has 0 amide bonds. The van der Waals surface area contributed by atoms with Gasteiger partial charge >= 0.3 is 0 Å². The van der Waals surface area contributed by atoms with Crippen molar-refractivity contribution in [3.8, 4) is 0 Å². The van der Waals surface area contributed by atoms with Gasteiger partial charge in [0.25, 0.3) is 0 Å². The molecule has 2 aliphatic rings. The van der Waals surface area contributed by atoms with Crippen LogP contribution >= 0.6 is 0 Å². The van der Waals surface area contributed by atoms with Crippen LogP contribution in [0.15, 0.2) is 18.3 Å². The molecule has 1 atom stereocenters. The van der Waals surface area contributed by atoms with Gasteiger partial charge in [0.05, 0.1) is 0 Å². The Labute approximate surface area is 138 Å². The number of fused-ring (bicyclic) bond motifs is 1. The zero-order valence-electron chi connectivity index (χ0n) is 14.0. The van der Waals surface area contributed by atoms with Gasteiger partial charge in [-0.2, -0.15) is 0 Å². The SMILES string of the molecule is CCN1CCC(n2c(C3CCCNC3)nc3cccnc32)CC1. The van der Waals surface area contributed by atoms with Gasteiger partial charge in [0.2, 0.25) is 0 Å². The Hall–Kier alpha value is -1.46. The molecule has 2 aromatic rings. The average Bonchev–Trinajstić information content (AvgIpc) is 3.02. The minimum absolute atomic E-state index is 0.530. The molecule has 2 aromatic heterocycles. The Bertz CT molecular complexity index is 650. The second kappa shape index (κ2) is 6.57. The summed E-state index contributed by atoms with van der Waals surface area (Å²) in [5, 5.41) is 3.54. The fourth-order valence-corrected chi connectivity index (χ4v) is 4.16. The average molecular weight is 313 g/mol. The number of hydrogen-bond acceptors (Lipinski definition) is 4. The molecule has 4 rings (SSSR count). The molecule has 23 heavy (non-hydrogen) atoms. The van der Waals surface area contributed by atoms with Gasteiger partial charge in [0.1, 0.15) is 11.3 Å². The first-order valence-electron chi connectivity index (χ1n) is 9.12. The van der Waals surface area contributed by atoms with Crippen molar-refractivity contribution in [2.24, 2.45) is 0 Å². The first kappa shape index (κ1) is 15.1. The number of aromatic nitrogens is 3. The Balaban J connectivity index is 1.71. The molecule has 0 bridgehead atoms. The van der Waals surface area contributed by atoms with Crippen LogP contribution in [0.3, 0.4) is 0 Å². The molecule has 2 saturated heterocycles. The van der Waals surface area contributed by atoms with Crippen LogP contribution in [0.1, 0.15) is 50.4 Å². The largest absolute Gasteiger partial charge is 0.316 e. The lowest BCUT2D eigenvalue weighted by Gasteiger charge is -2.34. The summed E-state index contributed by atoms with van der Waals surface area (Å²) in [5.41, 5.74) is 2.15. The quantitative estimate of drug-likeness (QED) is 0.946. The number of imidazole rings is 1. The zero-order valence-corrected chi connectivity index (χ0v) is 14.0. The molecule has 0 spiro atoms. The van der Waals surface area contributed by atoms with Crippen molar-refractivity contribution in [2.75, 3.05) is 32.7 Å². The number of rotatable bonds is 3. The highest BCUT2D eigenvalue weighted by atomic mass is 15.2. The fourth-order valence-electron chi connectivity index (χ4n) is 4.16. The highest BCUT2D eigenvalue weighted by Crippen LogP contribution is 2.32. The molecular formula is C18H27N5. The first-order chi connectivity index (χ1) is 11.4. The number of nitrogens with one attached hydrogen (secondary N) is 1. The van der Waals surface area contributed by atoms with Gasteiger partial charge < -0.3 is 14.8 Å². The predicted molar refractivity (Wildman–Crippen MR) is 92.8 cm³/mol. The van der Waals surface area contributed by atoms with E-state index in [0.29, 0.717) is 12.0 Å². The minimum Gasteiger partial charge on any atom is -0.316 e. The molecule has 2 fully saturated rings. The summed E-state index contributed by atoms with van der Waals surface area (Å²) < 4.78 is 2.49. The third-order valence-electron chi connectivity index (χ3n) is 5.51. The molecule has 0 aromatic carbocycles. The monoisotopic (exact) mass is 313 g/mol. The maximum absolute atomic E-state index is 5.00. The Kier molecular flexibility index (Phi) is 4.31. The van der Waals surface area contributed by atoms with Gasteiger partial charge in [0.15, 0.2) is 5.65 Å². The van der Waals surface area contributed by atoms with Gasteiger partial charge in [-0.3, -0.25) is 0 Å². The predicted octanol–water partition coefficient (Wildman–Crippen LogP) is 2.56. The summed E-state index contributed by atoms with van der Waals surface area (Å²) in [6, 6.07) is 4.66. The van der Waals surface area contributed by atoms with Crippen molar-refractivity contribution < 1.29 is 0 Å². The minimum atomic E-state index is 0.530. The van der Waals surface area contributed by atoms with Crippen molar-refractivity contribution >= 4 is 11.2 Å². The van der Waals surface area contributed by atoms with Crippen LogP contribution < -0.4 is 5.32 Å². The van der Waals surface area contributed by atoms with Crippen LogP contribution in [0.2, 0.25) is 0 Å². The molecule has 5 heteroatoms. The van der Waals surface area contributed by atoms with E-state index in [0.717, 1.165) is 30.8 Å². The van der Waals surface area contributed by atoms with E-state index in [4.69, 9.17) is 4.98 Å². The van der Waals surface area contributed by atoms with E-state index < -0.39 is 0 Å². The van der Waals surface area contributed by atoms with Crippen LogP contribution in [0.25, 0.3) is 11.2 Å². The molecule has 124 valence electrons. The Morgan fingerprint density at radius 2 is 2.13 bits per heavy atom. The molecule has 0 aliphatic carbocycles. The molecule has 1 N–H and O–H groups in total. The molecular weight excluding hydrogens is 286 g/mol. The van der Waals surface area contributed by atoms with E-state index in [-0.39, 0.29) is 0 Å². The van der Waals surface area contributed by atoms with Gasteiger partial charge in [-0.25, -0.2) is 9.97 Å². The standard InChI is InChI=1S/C18H27N5/c1-2-22-11-7-15(8-12-22)23-17(14-5-3-9-19-13-14)21-16-6-4-10-20-18(16)23/h4,6,10,14-15,19H,2-3,5,7-9,11-13H2,1H3. The lowest BCUT2D eigenvalue weighted by Crippen LogP contribution is -2.36. The van der Waals surface area contributed by atoms with Crippen LogP contribution in [-0.4, -0.2) is 52.2 Å².